The quantitative estimate of drug-likeness (QED) is 0.908. The molecule has 0 aliphatic carbocycles. The fraction of sp³-hybridized carbons (Fsp3) is 0.400. The van der Waals surface area contributed by atoms with Gasteiger partial charge in [-0.25, -0.2) is 9.78 Å². The monoisotopic (exact) mass is 263 g/mol. The first-order valence-electron chi connectivity index (χ1n) is 4.92. The molecule has 1 aromatic rings. The topological polar surface area (TPSA) is 54.5 Å². The fourth-order valence-electron chi connectivity index (χ4n) is 1.01. The van der Waals surface area contributed by atoms with Crippen molar-refractivity contribution in [2.24, 2.45) is 0 Å². The summed E-state index contributed by atoms with van der Waals surface area (Å²) in [5.74, 6) is 0.118. The molecule has 1 heterocycles. The molecular formula is C10H12F3N3O2. The van der Waals surface area contributed by atoms with Crippen LogP contribution in [0.15, 0.2) is 18.3 Å². The summed E-state index contributed by atoms with van der Waals surface area (Å²) in [6.45, 7) is -1.63. The summed E-state index contributed by atoms with van der Waals surface area (Å²) in [6, 6.07) is 3.12. The fourth-order valence-corrected chi connectivity index (χ4v) is 1.01. The van der Waals surface area contributed by atoms with E-state index in [2.05, 4.69) is 15.0 Å². The molecule has 0 aliphatic heterocycles. The smallest absolute Gasteiger partial charge is 0.422 e. The van der Waals surface area contributed by atoms with Gasteiger partial charge in [0.15, 0.2) is 6.61 Å². The van der Waals surface area contributed by atoms with Crippen molar-refractivity contribution in [2.75, 3.05) is 30.9 Å². The summed E-state index contributed by atoms with van der Waals surface area (Å²) in [7, 11) is 3.61. The van der Waals surface area contributed by atoms with Gasteiger partial charge in [-0.2, -0.15) is 13.2 Å². The Balaban J connectivity index is 2.50. The highest BCUT2D eigenvalue weighted by Crippen LogP contribution is 2.15. The maximum Gasteiger partial charge on any atom is 0.422 e. The van der Waals surface area contributed by atoms with Crippen molar-refractivity contribution in [2.45, 2.75) is 6.18 Å². The molecule has 0 fully saturated rings. The van der Waals surface area contributed by atoms with E-state index < -0.39 is 18.9 Å². The van der Waals surface area contributed by atoms with Gasteiger partial charge in [0, 0.05) is 14.1 Å². The minimum absolute atomic E-state index is 0.118. The van der Waals surface area contributed by atoms with Crippen LogP contribution in [0.3, 0.4) is 0 Å². The Hall–Kier alpha value is -1.99. The van der Waals surface area contributed by atoms with E-state index >= 15 is 0 Å². The van der Waals surface area contributed by atoms with Crippen LogP contribution in [-0.2, 0) is 4.74 Å². The van der Waals surface area contributed by atoms with E-state index in [1.807, 2.05) is 14.1 Å². The molecule has 0 spiro atoms. The molecule has 1 amide bonds. The molecule has 0 bridgehead atoms. The number of carbonyl (C=O) groups excluding carboxylic acids is 1. The number of alkyl halides is 3. The zero-order valence-electron chi connectivity index (χ0n) is 9.78. The average Bonchev–Trinajstić information content (AvgIpc) is 2.26. The second kappa shape index (κ2) is 5.56. The predicted octanol–water partition coefficient (Wildman–Crippen LogP) is 2.26. The maximum atomic E-state index is 11.8. The predicted molar refractivity (Wildman–Crippen MR) is 59.6 cm³/mol. The van der Waals surface area contributed by atoms with Crippen LogP contribution in [0.2, 0.25) is 0 Å². The van der Waals surface area contributed by atoms with E-state index in [0.717, 1.165) is 5.69 Å². The summed E-state index contributed by atoms with van der Waals surface area (Å²) in [6.07, 6.45) is -4.27. The van der Waals surface area contributed by atoms with Crippen LogP contribution in [0.1, 0.15) is 0 Å². The van der Waals surface area contributed by atoms with Gasteiger partial charge < -0.3 is 9.64 Å². The Bertz CT molecular complexity index is 404. The lowest BCUT2D eigenvalue weighted by molar-refractivity contribution is -0.159. The molecule has 0 saturated heterocycles. The molecular weight excluding hydrogens is 251 g/mol. The standard InChI is InChI=1S/C10H12F3N3O2/c1-16(2)7-3-4-8(14-5-7)15-9(17)18-6-10(11,12)13/h3-5H,6H2,1-2H3,(H,14,15,17). The first-order valence-corrected chi connectivity index (χ1v) is 4.92. The number of halogens is 3. The van der Waals surface area contributed by atoms with Crippen LogP contribution >= 0.6 is 0 Å². The molecule has 0 aliphatic rings. The van der Waals surface area contributed by atoms with Crippen LogP contribution in [-0.4, -0.2) is 38.0 Å². The number of hydrogen-bond acceptors (Lipinski definition) is 4. The van der Waals surface area contributed by atoms with Gasteiger partial charge in [-0.3, -0.25) is 5.32 Å². The molecule has 1 aromatic heterocycles. The SMILES string of the molecule is CN(C)c1ccc(NC(=O)OCC(F)(F)F)nc1. The lowest BCUT2D eigenvalue weighted by atomic mass is 10.4. The number of rotatable bonds is 3. The Kier molecular flexibility index (Phi) is 4.35. The molecule has 0 radical (unpaired) electrons. The summed E-state index contributed by atoms with van der Waals surface area (Å²) in [5, 5.41) is 2.09. The molecule has 100 valence electrons. The number of amides is 1. The second-order valence-corrected chi connectivity index (χ2v) is 3.61. The molecule has 1 N–H and O–H groups in total. The van der Waals surface area contributed by atoms with E-state index in [0.29, 0.717) is 0 Å². The highest BCUT2D eigenvalue weighted by molar-refractivity contribution is 5.83. The average molecular weight is 263 g/mol. The number of carbonyl (C=O) groups is 1. The number of pyridine rings is 1. The van der Waals surface area contributed by atoms with Gasteiger partial charge >= 0.3 is 12.3 Å². The van der Waals surface area contributed by atoms with Gasteiger partial charge in [-0.05, 0) is 12.1 Å². The van der Waals surface area contributed by atoms with Gasteiger partial charge in [0.25, 0.3) is 0 Å². The number of ether oxygens (including phenoxy) is 1. The molecule has 0 unspecified atom stereocenters. The molecule has 1 rings (SSSR count). The first-order chi connectivity index (χ1) is 8.28. The van der Waals surface area contributed by atoms with E-state index in [4.69, 9.17) is 0 Å². The summed E-state index contributed by atoms with van der Waals surface area (Å²) in [5.41, 5.74) is 0.796. The van der Waals surface area contributed by atoms with E-state index in [-0.39, 0.29) is 5.82 Å². The molecule has 18 heavy (non-hydrogen) atoms. The Morgan fingerprint density at radius 3 is 2.56 bits per heavy atom. The lowest BCUT2D eigenvalue weighted by Gasteiger charge is -2.12. The summed E-state index contributed by atoms with van der Waals surface area (Å²) < 4.78 is 39.3. The molecule has 0 saturated carbocycles. The second-order valence-electron chi connectivity index (χ2n) is 3.61. The van der Waals surface area contributed by atoms with Crippen molar-refractivity contribution in [1.82, 2.24) is 4.98 Å². The van der Waals surface area contributed by atoms with Gasteiger partial charge in [-0.15, -0.1) is 0 Å². The first kappa shape index (κ1) is 14.1. The third kappa shape index (κ3) is 4.89. The lowest BCUT2D eigenvalue weighted by Crippen LogP contribution is -2.23. The van der Waals surface area contributed by atoms with Crippen molar-refractivity contribution in [3.05, 3.63) is 18.3 Å². The van der Waals surface area contributed by atoms with Crippen LogP contribution in [0, 0.1) is 0 Å². The number of nitrogens with one attached hydrogen (secondary N) is 1. The Labute approximate surface area is 102 Å². The van der Waals surface area contributed by atoms with E-state index in [1.165, 1.54) is 12.3 Å². The largest absolute Gasteiger partial charge is 0.440 e. The molecule has 0 aromatic carbocycles. The molecule has 5 nitrogen and oxygen atoms in total. The van der Waals surface area contributed by atoms with Crippen molar-refractivity contribution < 1.29 is 22.7 Å². The van der Waals surface area contributed by atoms with Crippen LogP contribution in [0.5, 0.6) is 0 Å². The van der Waals surface area contributed by atoms with Gasteiger partial charge in [0.2, 0.25) is 0 Å². The zero-order chi connectivity index (χ0) is 13.8. The molecule has 8 heteroatoms. The van der Waals surface area contributed by atoms with Crippen LogP contribution in [0.4, 0.5) is 29.5 Å². The third-order valence-corrected chi connectivity index (χ3v) is 1.86. The van der Waals surface area contributed by atoms with Gasteiger partial charge in [0.1, 0.15) is 5.82 Å². The highest BCUT2D eigenvalue weighted by atomic mass is 19.4. The summed E-state index contributed by atoms with van der Waals surface area (Å²) >= 11 is 0. The number of nitrogens with zero attached hydrogens (tertiary/aromatic N) is 2. The van der Waals surface area contributed by atoms with E-state index in [1.54, 1.807) is 11.0 Å². The van der Waals surface area contributed by atoms with Gasteiger partial charge in [0.05, 0.1) is 11.9 Å². The third-order valence-electron chi connectivity index (χ3n) is 1.86. The van der Waals surface area contributed by atoms with Crippen LogP contribution in [0.25, 0.3) is 0 Å². The van der Waals surface area contributed by atoms with Crippen molar-refractivity contribution >= 4 is 17.6 Å². The molecule has 0 atom stereocenters. The van der Waals surface area contributed by atoms with Crippen molar-refractivity contribution in [3.63, 3.8) is 0 Å². The summed E-state index contributed by atoms with van der Waals surface area (Å²) in [4.78, 5) is 16.6. The van der Waals surface area contributed by atoms with E-state index in [9.17, 15) is 18.0 Å². The van der Waals surface area contributed by atoms with Gasteiger partial charge in [-0.1, -0.05) is 0 Å². The maximum absolute atomic E-state index is 11.8. The Morgan fingerprint density at radius 1 is 1.44 bits per heavy atom. The highest BCUT2D eigenvalue weighted by Gasteiger charge is 2.29. The van der Waals surface area contributed by atoms with Crippen LogP contribution < -0.4 is 10.2 Å². The number of anilines is 2. The minimum Gasteiger partial charge on any atom is -0.440 e. The zero-order valence-corrected chi connectivity index (χ0v) is 9.78. The minimum atomic E-state index is -4.54. The number of aromatic nitrogens is 1. The van der Waals surface area contributed by atoms with Crippen molar-refractivity contribution in [3.8, 4) is 0 Å². The Morgan fingerprint density at radius 2 is 2.11 bits per heavy atom. The normalized spacial score (nSPS) is 10.9. The van der Waals surface area contributed by atoms with Crippen molar-refractivity contribution in [1.29, 1.82) is 0 Å². The number of hydrogen-bond donors (Lipinski definition) is 1.